The summed E-state index contributed by atoms with van der Waals surface area (Å²) in [5.74, 6) is -1.16. The Morgan fingerprint density at radius 1 is 1.39 bits per heavy atom. The number of ether oxygens (including phenoxy) is 1. The molecule has 1 N–H and O–H groups in total. The van der Waals surface area contributed by atoms with E-state index in [9.17, 15) is 14.9 Å². The van der Waals surface area contributed by atoms with Crippen molar-refractivity contribution in [1.82, 2.24) is 14.7 Å². The molecule has 1 saturated carbocycles. The highest BCUT2D eigenvalue weighted by atomic mass is 35.5. The van der Waals surface area contributed by atoms with Crippen molar-refractivity contribution in [1.29, 1.82) is 5.26 Å². The second kappa shape index (κ2) is 8.44. The number of hydrogen-bond acceptors (Lipinski definition) is 5. The fourth-order valence-corrected chi connectivity index (χ4v) is 3.55. The molecule has 1 atom stereocenters. The number of pyridine rings is 1. The minimum atomic E-state index is -1.01. The topological polar surface area (TPSA) is 96.5 Å². The monoisotopic (exact) mass is 400 g/mol. The summed E-state index contributed by atoms with van der Waals surface area (Å²) in [7, 11) is 0. The van der Waals surface area contributed by atoms with Gasteiger partial charge in [0.25, 0.3) is 5.91 Å². The summed E-state index contributed by atoms with van der Waals surface area (Å²) in [6.07, 6.45) is 7.53. The molecule has 1 fully saturated rings. The van der Waals surface area contributed by atoms with E-state index in [-0.39, 0.29) is 5.15 Å². The number of rotatable bonds is 5. The zero-order valence-corrected chi connectivity index (χ0v) is 16.3. The van der Waals surface area contributed by atoms with Crippen molar-refractivity contribution in [2.75, 3.05) is 0 Å². The third-order valence-electron chi connectivity index (χ3n) is 4.85. The summed E-state index contributed by atoms with van der Waals surface area (Å²) < 4.78 is 6.91. The van der Waals surface area contributed by atoms with Gasteiger partial charge in [-0.3, -0.25) is 9.20 Å². The summed E-state index contributed by atoms with van der Waals surface area (Å²) >= 11 is 6.12. The molecule has 0 radical (unpaired) electrons. The van der Waals surface area contributed by atoms with Gasteiger partial charge in [0.15, 0.2) is 11.3 Å². The lowest BCUT2D eigenvalue weighted by molar-refractivity contribution is -0.150. The summed E-state index contributed by atoms with van der Waals surface area (Å²) in [6.45, 7) is 1.48. The number of esters is 1. The van der Waals surface area contributed by atoms with Gasteiger partial charge < -0.3 is 10.1 Å². The van der Waals surface area contributed by atoms with Crippen LogP contribution in [0.5, 0.6) is 0 Å². The molecule has 2 aromatic rings. The summed E-state index contributed by atoms with van der Waals surface area (Å²) in [4.78, 5) is 28.7. The molecule has 0 spiro atoms. The van der Waals surface area contributed by atoms with E-state index in [2.05, 4.69) is 16.4 Å². The third-order valence-corrected chi connectivity index (χ3v) is 5.12. The molecule has 2 aromatic heterocycles. The van der Waals surface area contributed by atoms with Crippen molar-refractivity contribution in [3.05, 3.63) is 41.3 Å². The van der Waals surface area contributed by atoms with Crippen LogP contribution in [-0.2, 0) is 14.3 Å². The number of amides is 1. The van der Waals surface area contributed by atoms with Crippen molar-refractivity contribution in [2.24, 2.45) is 0 Å². The Bertz CT molecular complexity index is 954. The van der Waals surface area contributed by atoms with Crippen LogP contribution in [0.4, 0.5) is 0 Å². The average Bonchev–Trinajstić information content (AvgIpc) is 3.02. The lowest BCUT2D eigenvalue weighted by atomic mass is 9.83. The van der Waals surface area contributed by atoms with E-state index in [4.69, 9.17) is 16.3 Å². The van der Waals surface area contributed by atoms with Crippen LogP contribution in [0, 0.1) is 11.3 Å². The SMILES string of the molecule is C[C@@H](OC(=O)/C=C/c1c(Cl)nc2ccccn12)C(=O)NC1(C#N)CCCCC1. The van der Waals surface area contributed by atoms with E-state index in [0.29, 0.717) is 24.2 Å². The highest BCUT2D eigenvalue weighted by molar-refractivity contribution is 6.31. The van der Waals surface area contributed by atoms with Crippen LogP contribution >= 0.6 is 11.6 Å². The first kappa shape index (κ1) is 19.9. The van der Waals surface area contributed by atoms with E-state index >= 15 is 0 Å². The molecule has 0 unspecified atom stereocenters. The van der Waals surface area contributed by atoms with Gasteiger partial charge in [-0.2, -0.15) is 5.26 Å². The molecule has 1 amide bonds. The predicted octanol–water partition coefficient (Wildman–Crippen LogP) is 3.28. The molecule has 3 rings (SSSR count). The van der Waals surface area contributed by atoms with Gasteiger partial charge in [-0.05, 0) is 38.0 Å². The summed E-state index contributed by atoms with van der Waals surface area (Å²) in [6, 6.07) is 7.67. The molecule has 1 aliphatic rings. The fourth-order valence-electron chi connectivity index (χ4n) is 3.31. The molecular weight excluding hydrogens is 380 g/mol. The average molecular weight is 401 g/mol. The smallest absolute Gasteiger partial charge is 0.331 e. The van der Waals surface area contributed by atoms with Crippen LogP contribution < -0.4 is 5.32 Å². The first-order valence-electron chi connectivity index (χ1n) is 9.19. The second-order valence-electron chi connectivity index (χ2n) is 6.87. The largest absolute Gasteiger partial charge is 0.449 e. The Hall–Kier alpha value is -2.85. The number of halogens is 1. The van der Waals surface area contributed by atoms with Gasteiger partial charge >= 0.3 is 5.97 Å². The van der Waals surface area contributed by atoms with Crippen LogP contribution in [0.2, 0.25) is 5.15 Å². The molecule has 2 heterocycles. The molecule has 1 aliphatic carbocycles. The number of nitriles is 1. The molecular formula is C20H21ClN4O3. The highest BCUT2D eigenvalue weighted by Gasteiger charge is 2.35. The molecule has 8 heteroatoms. The predicted molar refractivity (Wildman–Crippen MR) is 104 cm³/mol. The second-order valence-corrected chi connectivity index (χ2v) is 7.23. The van der Waals surface area contributed by atoms with Gasteiger partial charge in [0.1, 0.15) is 11.2 Å². The van der Waals surface area contributed by atoms with E-state index < -0.39 is 23.5 Å². The Balaban J connectivity index is 1.62. The number of carbonyl (C=O) groups is 2. The minimum Gasteiger partial charge on any atom is -0.449 e. The van der Waals surface area contributed by atoms with Crippen LogP contribution in [-0.4, -0.2) is 32.9 Å². The lowest BCUT2D eigenvalue weighted by Gasteiger charge is -2.32. The number of carbonyl (C=O) groups excluding carboxylic acids is 2. The Morgan fingerprint density at radius 3 is 2.86 bits per heavy atom. The molecule has 7 nitrogen and oxygen atoms in total. The third kappa shape index (κ3) is 4.34. The lowest BCUT2D eigenvalue weighted by Crippen LogP contribution is -2.52. The normalized spacial score (nSPS) is 17.2. The zero-order chi connectivity index (χ0) is 20.1. The van der Waals surface area contributed by atoms with Gasteiger partial charge in [-0.15, -0.1) is 0 Å². The van der Waals surface area contributed by atoms with Gasteiger partial charge in [0.2, 0.25) is 0 Å². The zero-order valence-electron chi connectivity index (χ0n) is 15.5. The van der Waals surface area contributed by atoms with E-state index in [0.717, 1.165) is 19.3 Å². The van der Waals surface area contributed by atoms with E-state index in [1.54, 1.807) is 16.7 Å². The van der Waals surface area contributed by atoms with E-state index in [1.807, 2.05) is 12.1 Å². The Kier molecular flexibility index (Phi) is 6.00. The van der Waals surface area contributed by atoms with Gasteiger partial charge in [-0.25, -0.2) is 9.78 Å². The van der Waals surface area contributed by atoms with E-state index in [1.165, 1.54) is 19.1 Å². The van der Waals surface area contributed by atoms with Gasteiger partial charge in [-0.1, -0.05) is 36.9 Å². The number of nitrogens with zero attached hydrogens (tertiary/aromatic N) is 3. The van der Waals surface area contributed by atoms with Crippen LogP contribution in [0.15, 0.2) is 30.5 Å². The van der Waals surface area contributed by atoms with Crippen LogP contribution in [0.25, 0.3) is 11.7 Å². The summed E-state index contributed by atoms with van der Waals surface area (Å²) in [5, 5.41) is 12.5. The van der Waals surface area contributed by atoms with Gasteiger partial charge in [0, 0.05) is 12.3 Å². The number of nitrogens with one attached hydrogen (secondary N) is 1. The Morgan fingerprint density at radius 2 is 2.14 bits per heavy atom. The highest BCUT2D eigenvalue weighted by Crippen LogP contribution is 2.27. The number of hydrogen-bond donors (Lipinski definition) is 1. The standard InChI is InChI=1S/C20H21ClN4O3/c1-14(19(27)24-20(13-22)10-4-2-5-11-20)28-17(26)9-8-15-18(21)23-16-7-3-6-12-25(15)16/h3,6-9,12,14H,2,4-5,10-11H2,1H3,(H,24,27)/b9-8+/t14-/m1/s1. The van der Waals surface area contributed by atoms with Crippen LogP contribution in [0.3, 0.4) is 0 Å². The number of imidazole rings is 1. The van der Waals surface area contributed by atoms with Crippen molar-refractivity contribution >= 4 is 35.2 Å². The summed E-state index contributed by atoms with van der Waals surface area (Å²) in [5.41, 5.74) is 0.329. The van der Waals surface area contributed by atoms with Gasteiger partial charge in [0.05, 0.1) is 11.8 Å². The molecule has 28 heavy (non-hydrogen) atoms. The maximum absolute atomic E-state index is 12.4. The minimum absolute atomic E-state index is 0.259. The molecule has 0 bridgehead atoms. The quantitative estimate of drug-likeness (QED) is 0.613. The molecule has 0 aromatic carbocycles. The van der Waals surface area contributed by atoms with Crippen molar-refractivity contribution in [3.8, 4) is 6.07 Å². The Labute approximate surface area is 168 Å². The first-order chi connectivity index (χ1) is 13.4. The molecule has 146 valence electrons. The first-order valence-corrected chi connectivity index (χ1v) is 9.56. The van der Waals surface area contributed by atoms with Crippen molar-refractivity contribution in [3.63, 3.8) is 0 Å². The fraction of sp³-hybridized carbons (Fsp3) is 0.400. The number of aromatic nitrogens is 2. The van der Waals surface area contributed by atoms with Crippen LogP contribution in [0.1, 0.15) is 44.7 Å². The van der Waals surface area contributed by atoms with Crippen molar-refractivity contribution < 1.29 is 14.3 Å². The molecule has 0 saturated heterocycles. The van der Waals surface area contributed by atoms with Crippen molar-refractivity contribution in [2.45, 2.75) is 50.7 Å². The maximum Gasteiger partial charge on any atom is 0.331 e. The number of fused-ring (bicyclic) bond motifs is 1. The molecule has 0 aliphatic heterocycles. The maximum atomic E-state index is 12.4.